The molecule has 0 fully saturated rings. The third-order valence-electron chi connectivity index (χ3n) is 3.78. The second-order valence-corrected chi connectivity index (χ2v) is 5.81. The first-order valence-corrected chi connectivity index (χ1v) is 6.77. The summed E-state index contributed by atoms with van der Waals surface area (Å²) in [5, 5.41) is 7.65. The van der Waals surface area contributed by atoms with Gasteiger partial charge in [-0.05, 0) is 24.7 Å². The van der Waals surface area contributed by atoms with Crippen LogP contribution in [0, 0.1) is 11.8 Å². The highest BCUT2D eigenvalue weighted by Gasteiger charge is 2.27. The van der Waals surface area contributed by atoms with Crippen LogP contribution in [0.15, 0.2) is 4.52 Å². The largest absolute Gasteiger partial charge is 0.361 e. The zero-order valence-corrected chi connectivity index (χ0v) is 11.4. The van der Waals surface area contributed by atoms with E-state index in [1.807, 2.05) is 0 Å². The third kappa shape index (κ3) is 2.89. The normalized spacial score (nSPS) is 20.0. The molecule has 3 heteroatoms. The Labute approximate surface area is 104 Å². The summed E-state index contributed by atoms with van der Waals surface area (Å²) in [6.07, 6.45) is 3.45. The zero-order valence-electron chi connectivity index (χ0n) is 11.4. The topological polar surface area (TPSA) is 38.1 Å². The Morgan fingerprint density at radius 3 is 2.76 bits per heavy atom. The van der Waals surface area contributed by atoms with Gasteiger partial charge in [-0.3, -0.25) is 0 Å². The van der Waals surface area contributed by atoms with E-state index in [0.717, 1.165) is 42.7 Å². The minimum Gasteiger partial charge on any atom is -0.361 e. The number of nitrogens with zero attached hydrogens (tertiary/aromatic N) is 1. The van der Waals surface area contributed by atoms with Crippen molar-refractivity contribution in [2.75, 3.05) is 0 Å². The number of fused-ring (bicyclic) bond motifs is 1. The number of nitrogens with one attached hydrogen (secondary N) is 1. The molecular weight excluding hydrogens is 212 g/mol. The molecular formula is C14H24N2O. The van der Waals surface area contributed by atoms with Crippen molar-refractivity contribution in [3.8, 4) is 0 Å². The van der Waals surface area contributed by atoms with Crippen LogP contribution in [0.4, 0.5) is 0 Å². The highest BCUT2D eigenvalue weighted by Crippen LogP contribution is 2.32. The van der Waals surface area contributed by atoms with E-state index in [2.05, 4.69) is 38.2 Å². The van der Waals surface area contributed by atoms with Crippen molar-refractivity contribution in [3.63, 3.8) is 0 Å². The van der Waals surface area contributed by atoms with Gasteiger partial charge in [0.2, 0.25) is 0 Å². The Balaban J connectivity index is 2.08. The van der Waals surface area contributed by atoms with Gasteiger partial charge in [0.1, 0.15) is 11.5 Å². The molecule has 1 aromatic heterocycles. The Hall–Kier alpha value is -0.830. The molecule has 1 N–H and O–H groups in total. The third-order valence-corrected chi connectivity index (χ3v) is 3.78. The monoisotopic (exact) mass is 236 g/mol. The van der Waals surface area contributed by atoms with Crippen LogP contribution in [0.2, 0.25) is 0 Å². The Bertz CT molecular complexity index is 368. The molecule has 1 heterocycles. The molecule has 17 heavy (non-hydrogen) atoms. The lowest BCUT2D eigenvalue weighted by Gasteiger charge is -2.24. The first-order valence-electron chi connectivity index (χ1n) is 6.77. The van der Waals surface area contributed by atoms with Crippen molar-refractivity contribution >= 4 is 0 Å². The van der Waals surface area contributed by atoms with Crippen LogP contribution in [0.3, 0.4) is 0 Å². The van der Waals surface area contributed by atoms with Gasteiger partial charge in [0, 0.05) is 24.6 Å². The summed E-state index contributed by atoms with van der Waals surface area (Å²) in [4.78, 5) is 0. The van der Waals surface area contributed by atoms with E-state index >= 15 is 0 Å². The van der Waals surface area contributed by atoms with Gasteiger partial charge in [-0.2, -0.15) is 0 Å². The molecule has 0 amide bonds. The predicted molar refractivity (Wildman–Crippen MR) is 68.8 cm³/mol. The highest BCUT2D eigenvalue weighted by molar-refractivity contribution is 5.26. The van der Waals surface area contributed by atoms with Crippen LogP contribution < -0.4 is 5.32 Å². The molecule has 2 rings (SSSR count). The van der Waals surface area contributed by atoms with E-state index in [0.29, 0.717) is 6.04 Å². The maximum atomic E-state index is 5.46. The summed E-state index contributed by atoms with van der Waals surface area (Å²) in [6, 6.07) is 0.492. The maximum absolute atomic E-state index is 5.46. The molecule has 0 bridgehead atoms. The van der Waals surface area contributed by atoms with Crippen LogP contribution >= 0.6 is 0 Å². The lowest BCUT2D eigenvalue weighted by molar-refractivity contribution is 0.305. The van der Waals surface area contributed by atoms with E-state index in [1.54, 1.807) is 0 Å². The lowest BCUT2D eigenvalue weighted by Crippen LogP contribution is -2.24. The molecule has 0 radical (unpaired) electrons. The quantitative estimate of drug-likeness (QED) is 0.873. The molecule has 0 spiro atoms. The van der Waals surface area contributed by atoms with Crippen molar-refractivity contribution in [2.45, 2.75) is 59.5 Å². The molecule has 96 valence electrons. The molecule has 0 aliphatic heterocycles. The van der Waals surface area contributed by atoms with Crippen LogP contribution in [0.5, 0.6) is 0 Å². The lowest BCUT2D eigenvalue weighted by atomic mass is 9.80. The number of rotatable bonds is 4. The minimum atomic E-state index is 0.492. The first-order chi connectivity index (χ1) is 8.08. The van der Waals surface area contributed by atoms with E-state index in [1.165, 1.54) is 12.0 Å². The van der Waals surface area contributed by atoms with Crippen LogP contribution in [-0.2, 0) is 19.4 Å². The Morgan fingerprint density at radius 2 is 2.12 bits per heavy atom. The maximum Gasteiger partial charge on any atom is 0.140 e. The number of aromatic nitrogens is 1. The fourth-order valence-corrected chi connectivity index (χ4v) is 2.50. The van der Waals surface area contributed by atoms with Crippen molar-refractivity contribution in [1.82, 2.24) is 10.5 Å². The number of hydrogen-bond donors (Lipinski definition) is 1. The van der Waals surface area contributed by atoms with Crippen LogP contribution in [0.25, 0.3) is 0 Å². The predicted octanol–water partition coefficient (Wildman–Crippen LogP) is 2.93. The highest BCUT2D eigenvalue weighted by atomic mass is 16.5. The van der Waals surface area contributed by atoms with Crippen LogP contribution in [-0.4, -0.2) is 11.2 Å². The Kier molecular flexibility index (Phi) is 3.87. The van der Waals surface area contributed by atoms with Crippen LogP contribution in [0.1, 0.15) is 51.1 Å². The van der Waals surface area contributed by atoms with Gasteiger partial charge in [-0.15, -0.1) is 0 Å². The molecule has 0 saturated heterocycles. The number of aryl methyl sites for hydroxylation is 1. The van der Waals surface area contributed by atoms with E-state index in [-0.39, 0.29) is 0 Å². The molecule has 0 saturated carbocycles. The second-order valence-electron chi connectivity index (χ2n) is 5.81. The average molecular weight is 236 g/mol. The standard InChI is InChI=1S/C14H24N2O/c1-9(2)11-5-6-14-12(7-11)13(16-17-14)8-15-10(3)4/h9-11,15H,5-8H2,1-4H3. The zero-order chi connectivity index (χ0) is 12.4. The van der Waals surface area contributed by atoms with Gasteiger partial charge in [0.15, 0.2) is 0 Å². The first kappa shape index (κ1) is 12.6. The summed E-state index contributed by atoms with van der Waals surface area (Å²) >= 11 is 0. The van der Waals surface area contributed by atoms with Gasteiger partial charge in [-0.1, -0.05) is 32.9 Å². The molecule has 1 unspecified atom stereocenters. The van der Waals surface area contributed by atoms with Gasteiger partial charge in [0.05, 0.1) is 0 Å². The minimum absolute atomic E-state index is 0.492. The van der Waals surface area contributed by atoms with Gasteiger partial charge in [-0.25, -0.2) is 0 Å². The van der Waals surface area contributed by atoms with Crippen molar-refractivity contribution in [2.24, 2.45) is 11.8 Å². The second kappa shape index (κ2) is 5.21. The summed E-state index contributed by atoms with van der Waals surface area (Å²) in [5.41, 5.74) is 2.50. The van der Waals surface area contributed by atoms with E-state index in [4.69, 9.17) is 4.52 Å². The van der Waals surface area contributed by atoms with Crippen molar-refractivity contribution in [3.05, 3.63) is 17.0 Å². The summed E-state index contributed by atoms with van der Waals surface area (Å²) in [5.74, 6) is 2.67. The fraction of sp³-hybridized carbons (Fsp3) is 0.786. The molecule has 3 nitrogen and oxygen atoms in total. The number of hydrogen-bond acceptors (Lipinski definition) is 3. The smallest absolute Gasteiger partial charge is 0.140 e. The fourth-order valence-electron chi connectivity index (χ4n) is 2.50. The molecule has 1 atom stereocenters. The summed E-state index contributed by atoms with van der Waals surface area (Å²) in [7, 11) is 0. The van der Waals surface area contributed by atoms with Gasteiger partial charge < -0.3 is 9.84 Å². The Morgan fingerprint density at radius 1 is 1.35 bits per heavy atom. The summed E-state index contributed by atoms with van der Waals surface area (Å²) < 4.78 is 5.46. The van der Waals surface area contributed by atoms with Gasteiger partial charge in [0.25, 0.3) is 0 Å². The molecule has 1 aliphatic rings. The average Bonchev–Trinajstić information content (AvgIpc) is 2.68. The van der Waals surface area contributed by atoms with Gasteiger partial charge >= 0.3 is 0 Å². The molecule has 1 aliphatic carbocycles. The SMILES string of the molecule is CC(C)NCc1noc2c1CC(C(C)C)CC2. The molecule has 0 aromatic carbocycles. The van der Waals surface area contributed by atoms with Crippen molar-refractivity contribution < 1.29 is 4.52 Å². The van der Waals surface area contributed by atoms with E-state index in [9.17, 15) is 0 Å². The van der Waals surface area contributed by atoms with Crippen molar-refractivity contribution in [1.29, 1.82) is 0 Å². The van der Waals surface area contributed by atoms with E-state index < -0.39 is 0 Å². The molecule has 1 aromatic rings. The summed E-state index contributed by atoms with van der Waals surface area (Å²) in [6.45, 7) is 9.78.